The molecule has 2 N–H and O–H groups in total. The largest absolute Gasteiger partial charge is 0.503 e. The Kier molecular flexibility index (Phi) is 4.79. The molecule has 0 aliphatic rings. The maximum Gasteiger partial charge on any atom is 0.216 e. The van der Waals surface area contributed by atoms with Gasteiger partial charge in [0.2, 0.25) is 4.77 Å². The molecule has 1 aromatic heterocycles. The number of aromatic hydroxyl groups is 1. The van der Waals surface area contributed by atoms with Crippen LogP contribution in [-0.4, -0.2) is 33.3 Å². The number of phenols is 1. The van der Waals surface area contributed by atoms with Crippen molar-refractivity contribution >= 4 is 34.4 Å². The van der Waals surface area contributed by atoms with Gasteiger partial charge in [-0.15, -0.1) is 0 Å². The van der Waals surface area contributed by atoms with Crippen molar-refractivity contribution in [2.45, 2.75) is 19.8 Å². The van der Waals surface area contributed by atoms with Gasteiger partial charge in [0.15, 0.2) is 17.3 Å². The highest BCUT2D eigenvalue weighted by atomic mass is 79.9. The Morgan fingerprint density at radius 2 is 2.24 bits per heavy atom. The second-order valence-electron chi connectivity index (χ2n) is 4.65. The highest BCUT2D eigenvalue weighted by molar-refractivity contribution is 9.10. The third-order valence-corrected chi connectivity index (χ3v) is 3.65. The normalized spacial score (nSPS) is 11.5. The Bertz CT molecular complexity index is 736. The minimum absolute atomic E-state index is 0.0532. The van der Waals surface area contributed by atoms with Gasteiger partial charge in [0.1, 0.15) is 0 Å². The minimum atomic E-state index is 0.0532. The Morgan fingerprint density at radius 1 is 1.52 bits per heavy atom. The van der Waals surface area contributed by atoms with Gasteiger partial charge in [-0.1, -0.05) is 13.8 Å². The lowest BCUT2D eigenvalue weighted by Crippen LogP contribution is -2.01. The zero-order valence-corrected chi connectivity index (χ0v) is 14.2. The summed E-state index contributed by atoms with van der Waals surface area (Å²) in [6.07, 6.45) is 1.63. The number of phenolic OH excluding ortho intramolecular Hbond substituents is 1. The molecule has 2 aromatic rings. The first-order valence-corrected chi connectivity index (χ1v) is 7.42. The van der Waals surface area contributed by atoms with Crippen LogP contribution in [0.2, 0.25) is 0 Å². The van der Waals surface area contributed by atoms with E-state index in [4.69, 9.17) is 17.0 Å². The SMILES string of the molecule is COc1cc(/C=N/n2c(C(C)C)n[nH]c2=S)cc(Br)c1O. The van der Waals surface area contributed by atoms with Gasteiger partial charge in [-0.3, -0.25) is 5.10 Å². The second-order valence-corrected chi connectivity index (χ2v) is 5.89. The molecular formula is C13H15BrN4O2S. The molecule has 0 aliphatic heterocycles. The van der Waals surface area contributed by atoms with Crippen LogP contribution in [0.4, 0.5) is 0 Å². The van der Waals surface area contributed by atoms with Crippen molar-refractivity contribution in [1.29, 1.82) is 0 Å². The number of H-pyrrole nitrogens is 1. The predicted octanol–water partition coefficient (Wildman–Crippen LogP) is 3.42. The molecule has 0 atom stereocenters. The molecule has 0 aliphatic carbocycles. The van der Waals surface area contributed by atoms with Crippen LogP contribution in [-0.2, 0) is 0 Å². The van der Waals surface area contributed by atoms with Gasteiger partial charge < -0.3 is 9.84 Å². The first kappa shape index (κ1) is 15.7. The second kappa shape index (κ2) is 6.40. The van der Waals surface area contributed by atoms with Gasteiger partial charge in [0.05, 0.1) is 17.8 Å². The Labute approximate surface area is 135 Å². The van der Waals surface area contributed by atoms with Crippen LogP contribution in [0.1, 0.15) is 31.2 Å². The lowest BCUT2D eigenvalue weighted by atomic mass is 10.2. The zero-order valence-electron chi connectivity index (χ0n) is 11.8. The van der Waals surface area contributed by atoms with E-state index in [0.29, 0.717) is 15.0 Å². The van der Waals surface area contributed by atoms with Gasteiger partial charge in [-0.2, -0.15) is 14.9 Å². The maximum absolute atomic E-state index is 9.78. The number of methoxy groups -OCH3 is 1. The van der Waals surface area contributed by atoms with Gasteiger partial charge in [0, 0.05) is 5.92 Å². The van der Waals surface area contributed by atoms with E-state index in [9.17, 15) is 5.11 Å². The van der Waals surface area contributed by atoms with Crippen molar-refractivity contribution in [3.63, 3.8) is 0 Å². The molecule has 0 spiro atoms. The van der Waals surface area contributed by atoms with Crippen LogP contribution < -0.4 is 4.74 Å². The fourth-order valence-electron chi connectivity index (χ4n) is 1.74. The summed E-state index contributed by atoms with van der Waals surface area (Å²) in [5.74, 6) is 1.36. The van der Waals surface area contributed by atoms with E-state index in [-0.39, 0.29) is 11.7 Å². The Hall–Kier alpha value is -1.67. The summed E-state index contributed by atoms with van der Waals surface area (Å²) in [6, 6.07) is 3.42. The fraction of sp³-hybridized carbons (Fsp3) is 0.308. The molecule has 0 radical (unpaired) electrons. The minimum Gasteiger partial charge on any atom is -0.503 e. The lowest BCUT2D eigenvalue weighted by Gasteiger charge is -2.06. The Morgan fingerprint density at radius 3 is 2.86 bits per heavy atom. The number of rotatable bonds is 4. The van der Waals surface area contributed by atoms with Gasteiger partial charge in [-0.25, -0.2) is 0 Å². The van der Waals surface area contributed by atoms with E-state index >= 15 is 0 Å². The van der Waals surface area contributed by atoms with Crippen molar-refractivity contribution in [2.75, 3.05) is 7.11 Å². The molecule has 8 heteroatoms. The average molecular weight is 371 g/mol. The van der Waals surface area contributed by atoms with E-state index < -0.39 is 0 Å². The number of aromatic nitrogens is 3. The summed E-state index contributed by atoms with van der Waals surface area (Å²) in [6.45, 7) is 4.02. The number of halogens is 1. The summed E-state index contributed by atoms with van der Waals surface area (Å²) in [7, 11) is 1.49. The van der Waals surface area contributed by atoms with Crippen LogP contribution in [0.25, 0.3) is 0 Å². The molecule has 0 saturated carbocycles. The van der Waals surface area contributed by atoms with E-state index in [1.54, 1.807) is 23.0 Å². The number of nitrogens with one attached hydrogen (secondary N) is 1. The number of hydrogen-bond acceptors (Lipinski definition) is 5. The van der Waals surface area contributed by atoms with Crippen molar-refractivity contribution in [2.24, 2.45) is 5.10 Å². The quantitative estimate of drug-likeness (QED) is 0.638. The van der Waals surface area contributed by atoms with E-state index in [0.717, 1.165) is 11.4 Å². The molecule has 1 aromatic carbocycles. The highest BCUT2D eigenvalue weighted by Gasteiger charge is 2.10. The molecule has 1 heterocycles. The first-order valence-electron chi connectivity index (χ1n) is 6.22. The zero-order chi connectivity index (χ0) is 15.6. The molecule has 0 amide bonds. The van der Waals surface area contributed by atoms with Gasteiger partial charge >= 0.3 is 0 Å². The molecule has 0 saturated heterocycles. The monoisotopic (exact) mass is 370 g/mol. The molecule has 2 rings (SSSR count). The number of benzene rings is 1. The smallest absolute Gasteiger partial charge is 0.216 e. The van der Waals surface area contributed by atoms with E-state index in [1.165, 1.54) is 7.11 Å². The maximum atomic E-state index is 9.78. The third kappa shape index (κ3) is 3.33. The molecule has 0 fully saturated rings. The predicted molar refractivity (Wildman–Crippen MR) is 86.9 cm³/mol. The molecule has 0 bridgehead atoms. The standard InChI is InChI=1S/C13H15BrN4O2S/c1-7(2)12-16-17-13(21)18(12)15-6-8-4-9(14)11(19)10(5-8)20-3/h4-7,19H,1-3H3,(H,17,21)/b15-6+. The lowest BCUT2D eigenvalue weighted by molar-refractivity contribution is 0.372. The van der Waals surface area contributed by atoms with Crippen LogP contribution >= 0.6 is 28.1 Å². The number of hydrogen-bond donors (Lipinski definition) is 2. The van der Waals surface area contributed by atoms with Crippen molar-refractivity contribution in [3.05, 3.63) is 32.8 Å². The van der Waals surface area contributed by atoms with Crippen molar-refractivity contribution in [3.8, 4) is 11.5 Å². The third-order valence-electron chi connectivity index (χ3n) is 2.78. The highest BCUT2D eigenvalue weighted by Crippen LogP contribution is 2.34. The summed E-state index contributed by atoms with van der Waals surface area (Å²) < 4.78 is 7.64. The van der Waals surface area contributed by atoms with Gasteiger partial charge in [-0.05, 0) is 45.8 Å². The van der Waals surface area contributed by atoms with Gasteiger partial charge in [0.25, 0.3) is 0 Å². The summed E-state index contributed by atoms with van der Waals surface area (Å²) in [5, 5.41) is 21.0. The summed E-state index contributed by atoms with van der Waals surface area (Å²) in [4.78, 5) is 0. The molecular weight excluding hydrogens is 356 g/mol. The molecule has 6 nitrogen and oxygen atoms in total. The van der Waals surface area contributed by atoms with Crippen LogP contribution in [0, 0.1) is 4.77 Å². The van der Waals surface area contributed by atoms with Crippen LogP contribution in [0.3, 0.4) is 0 Å². The number of aromatic amines is 1. The summed E-state index contributed by atoms with van der Waals surface area (Å²) in [5.41, 5.74) is 0.759. The summed E-state index contributed by atoms with van der Waals surface area (Å²) >= 11 is 8.43. The fourth-order valence-corrected chi connectivity index (χ4v) is 2.38. The average Bonchev–Trinajstić information content (AvgIpc) is 2.81. The van der Waals surface area contributed by atoms with Crippen LogP contribution in [0.5, 0.6) is 11.5 Å². The van der Waals surface area contributed by atoms with Crippen LogP contribution in [0.15, 0.2) is 21.7 Å². The molecule has 112 valence electrons. The van der Waals surface area contributed by atoms with E-state index in [2.05, 4.69) is 31.2 Å². The Balaban J connectivity index is 2.41. The number of nitrogens with zero attached hydrogens (tertiary/aromatic N) is 3. The molecule has 21 heavy (non-hydrogen) atoms. The molecule has 0 unspecified atom stereocenters. The van der Waals surface area contributed by atoms with Crippen molar-refractivity contribution < 1.29 is 9.84 Å². The first-order chi connectivity index (χ1) is 9.93. The van der Waals surface area contributed by atoms with Crippen molar-refractivity contribution in [1.82, 2.24) is 14.9 Å². The number of ether oxygens (including phenoxy) is 1. The van der Waals surface area contributed by atoms with E-state index in [1.807, 2.05) is 13.8 Å². The topological polar surface area (TPSA) is 75.4 Å².